The summed E-state index contributed by atoms with van der Waals surface area (Å²) in [6.07, 6.45) is 0.737. The number of aromatic nitrogens is 3. The van der Waals surface area contributed by atoms with Crippen molar-refractivity contribution in [1.82, 2.24) is 19.6 Å². The molecule has 1 atom stereocenters. The zero-order valence-corrected chi connectivity index (χ0v) is 14.1. The van der Waals surface area contributed by atoms with Crippen molar-refractivity contribution in [2.75, 3.05) is 11.9 Å². The second kappa shape index (κ2) is 6.16. The Hall–Kier alpha value is -2.15. The maximum Gasteiger partial charge on any atom is 0.242 e. The topological polar surface area (TPSA) is 76.2 Å². The number of hydrogen-bond donors (Lipinski definition) is 1. The average molecular weight is 317 g/mol. The van der Waals surface area contributed by atoms with Gasteiger partial charge in [0.25, 0.3) is 0 Å². The maximum absolute atomic E-state index is 12.6. The number of carbonyl (C=O) groups is 1. The minimum Gasteiger partial charge on any atom is -0.360 e. The quantitative estimate of drug-likeness (QED) is 0.934. The van der Waals surface area contributed by atoms with E-state index in [-0.39, 0.29) is 11.9 Å². The van der Waals surface area contributed by atoms with Crippen molar-refractivity contribution in [2.24, 2.45) is 0 Å². The standard InChI is InChI=1S/C16H23N5O2/c1-5-13(16(22)18-14-8-10(2)23-19-14)20-6-7-21-12(4)11(3)17-15(21)9-20/h8,13H,5-7,9H2,1-4H3,(H,18,19,22)/t13-/m0/s1. The van der Waals surface area contributed by atoms with Crippen LogP contribution in [0.2, 0.25) is 0 Å². The molecule has 3 rings (SSSR count). The number of nitrogens with zero attached hydrogens (tertiary/aromatic N) is 4. The monoisotopic (exact) mass is 317 g/mol. The molecule has 0 unspecified atom stereocenters. The van der Waals surface area contributed by atoms with Crippen LogP contribution in [0.5, 0.6) is 0 Å². The molecule has 0 spiro atoms. The van der Waals surface area contributed by atoms with Crippen molar-refractivity contribution < 1.29 is 9.32 Å². The molecule has 1 aliphatic heterocycles. The minimum absolute atomic E-state index is 0.0470. The smallest absolute Gasteiger partial charge is 0.242 e. The van der Waals surface area contributed by atoms with E-state index in [0.717, 1.165) is 31.0 Å². The molecule has 1 amide bonds. The zero-order chi connectivity index (χ0) is 16.6. The molecule has 23 heavy (non-hydrogen) atoms. The Balaban J connectivity index is 1.72. The van der Waals surface area contributed by atoms with Crippen LogP contribution in [0, 0.1) is 20.8 Å². The van der Waals surface area contributed by atoms with E-state index in [2.05, 4.69) is 31.8 Å². The molecule has 0 bridgehead atoms. The number of hydrogen-bond acceptors (Lipinski definition) is 5. The van der Waals surface area contributed by atoms with Crippen molar-refractivity contribution in [3.8, 4) is 0 Å². The van der Waals surface area contributed by atoms with E-state index in [4.69, 9.17) is 4.52 Å². The van der Waals surface area contributed by atoms with E-state index in [1.165, 1.54) is 5.69 Å². The molecular weight excluding hydrogens is 294 g/mol. The molecule has 0 saturated carbocycles. The number of amides is 1. The molecule has 2 aromatic rings. The molecule has 7 heteroatoms. The molecule has 124 valence electrons. The number of carbonyl (C=O) groups excluding carboxylic acids is 1. The molecule has 0 radical (unpaired) electrons. The Morgan fingerprint density at radius 2 is 2.17 bits per heavy atom. The first-order valence-corrected chi connectivity index (χ1v) is 8.00. The van der Waals surface area contributed by atoms with Crippen LogP contribution < -0.4 is 5.32 Å². The van der Waals surface area contributed by atoms with Gasteiger partial charge in [0.2, 0.25) is 5.91 Å². The Kier molecular flexibility index (Phi) is 4.21. The lowest BCUT2D eigenvalue weighted by molar-refractivity contribution is -0.122. The van der Waals surface area contributed by atoms with Crippen LogP contribution in [0.3, 0.4) is 0 Å². The first kappa shape index (κ1) is 15.7. The van der Waals surface area contributed by atoms with Gasteiger partial charge < -0.3 is 14.4 Å². The summed E-state index contributed by atoms with van der Waals surface area (Å²) in [5, 5.41) is 6.67. The average Bonchev–Trinajstić information content (AvgIpc) is 3.04. The highest BCUT2D eigenvalue weighted by atomic mass is 16.5. The van der Waals surface area contributed by atoms with Gasteiger partial charge in [-0.2, -0.15) is 0 Å². The maximum atomic E-state index is 12.6. The van der Waals surface area contributed by atoms with E-state index < -0.39 is 0 Å². The first-order chi connectivity index (χ1) is 11.0. The molecule has 1 aliphatic rings. The summed E-state index contributed by atoms with van der Waals surface area (Å²) in [5.41, 5.74) is 2.28. The largest absolute Gasteiger partial charge is 0.360 e. The second-order valence-electron chi connectivity index (χ2n) is 6.06. The summed E-state index contributed by atoms with van der Waals surface area (Å²) in [7, 11) is 0. The number of rotatable bonds is 4. The summed E-state index contributed by atoms with van der Waals surface area (Å²) >= 11 is 0. The third-order valence-corrected chi connectivity index (χ3v) is 4.50. The molecule has 0 saturated heterocycles. The summed E-state index contributed by atoms with van der Waals surface area (Å²) < 4.78 is 7.24. The Morgan fingerprint density at radius 3 is 2.83 bits per heavy atom. The van der Waals surface area contributed by atoms with Gasteiger partial charge in [-0.25, -0.2) is 4.98 Å². The molecule has 3 heterocycles. The van der Waals surface area contributed by atoms with Crippen LogP contribution >= 0.6 is 0 Å². The lowest BCUT2D eigenvalue weighted by Crippen LogP contribution is -2.47. The van der Waals surface area contributed by atoms with Crippen LogP contribution in [-0.2, 0) is 17.9 Å². The fraction of sp³-hybridized carbons (Fsp3) is 0.562. The van der Waals surface area contributed by atoms with Crippen LogP contribution in [0.4, 0.5) is 5.82 Å². The molecule has 2 aromatic heterocycles. The lowest BCUT2D eigenvalue weighted by atomic mass is 10.1. The fourth-order valence-electron chi connectivity index (χ4n) is 3.14. The molecule has 7 nitrogen and oxygen atoms in total. The van der Waals surface area contributed by atoms with Crippen LogP contribution in [0.15, 0.2) is 10.6 Å². The number of fused-ring (bicyclic) bond motifs is 1. The van der Waals surface area contributed by atoms with Gasteiger partial charge in [0.05, 0.1) is 18.3 Å². The van der Waals surface area contributed by atoms with Gasteiger partial charge in [0.15, 0.2) is 5.82 Å². The third kappa shape index (κ3) is 3.01. The fourth-order valence-corrected chi connectivity index (χ4v) is 3.14. The van der Waals surface area contributed by atoms with Crippen molar-refractivity contribution in [2.45, 2.75) is 53.2 Å². The van der Waals surface area contributed by atoms with E-state index in [9.17, 15) is 4.79 Å². The predicted octanol–water partition coefficient (Wildman–Crippen LogP) is 2.03. The highest BCUT2D eigenvalue weighted by molar-refractivity contribution is 5.93. The predicted molar refractivity (Wildman–Crippen MR) is 86.1 cm³/mol. The lowest BCUT2D eigenvalue weighted by Gasteiger charge is -2.33. The van der Waals surface area contributed by atoms with Crippen LogP contribution in [0.25, 0.3) is 0 Å². The summed E-state index contributed by atoms with van der Waals surface area (Å²) in [4.78, 5) is 19.4. The summed E-state index contributed by atoms with van der Waals surface area (Å²) in [6, 6.07) is 1.53. The van der Waals surface area contributed by atoms with Crippen molar-refractivity contribution >= 4 is 11.7 Å². The van der Waals surface area contributed by atoms with Crippen LogP contribution in [0.1, 0.15) is 36.3 Å². The zero-order valence-electron chi connectivity index (χ0n) is 14.1. The van der Waals surface area contributed by atoms with E-state index >= 15 is 0 Å². The van der Waals surface area contributed by atoms with E-state index in [1.807, 2.05) is 13.8 Å². The highest BCUT2D eigenvalue weighted by Crippen LogP contribution is 2.20. The van der Waals surface area contributed by atoms with Crippen LogP contribution in [-0.4, -0.2) is 38.1 Å². The van der Waals surface area contributed by atoms with Gasteiger partial charge in [-0.3, -0.25) is 9.69 Å². The molecular formula is C16H23N5O2. The van der Waals surface area contributed by atoms with Crippen molar-refractivity contribution in [3.05, 3.63) is 29.0 Å². The molecule has 0 aromatic carbocycles. The number of aryl methyl sites for hydroxylation is 2. The van der Waals surface area contributed by atoms with Gasteiger partial charge in [0.1, 0.15) is 11.6 Å². The normalized spacial score (nSPS) is 16.2. The van der Waals surface area contributed by atoms with Crippen molar-refractivity contribution in [3.63, 3.8) is 0 Å². The molecule has 1 N–H and O–H groups in total. The third-order valence-electron chi connectivity index (χ3n) is 4.50. The van der Waals surface area contributed by atoms with Gasteiger partial charge in [-0.1, -0.05) is 12.1 Å². The first-order valence-electron chi connectivity index (χ1n) is 8.00. The number of imidazole rings is 1. The second-order valence-corrected chi connectivity index (χ2v) is 6.06. The molecule has 0 fully saturated rings. The molecule has 0 aliphatic carbocycles. The number of anilines is 1. The SMILES string of the molecule is CC[C@@H](C(=O)Nc1cc(C)on1)N1CCn2c(nc(C)c2C)C1. The van der Waals surface area contributed by atoms with Gasteiger partial charge in [-0.05, 0) is 27.2 Å². The van der Waals surface area contributed by atoms with Gasteiger partial charge in [-0.15, -0.1) is 0 Å². The van der Waals surface area contributed by atoms with Crippen molar-refractivity contribution in [1.29, 1.82) is 0 Å². The van der Waals surface area contributed by atoms with E-state index in [0.29, 0.717) is 18.1 Å². The Morgan fingerprint density at radius 1 is 1.39 bits per heavy atom. The van der Waals surface area contributed by atoms with Gasteiger partial charge in [0, 0.05) is 24.8 Å². The summed E-state index contributed by atoms with van der Waals surface area (Å²) in [5.74, 6) is 2.14. The van der Waals surface area contributed by atoms with E-state index in [1.54, 1.807) is 13.0 Å². The Bertz CT molecular complexity index is 718. The summed E-state index contributed by atoms with van der Waals surface area (Å²) in [6.45, 7) is 10.4. The Labute approximate surface area is 135 Å². The van der Waals surface area contributed by atoms with Gasteiger partial charge >= 0.3 is 0 Å². The minimum atomic E-state index is -0.196. The number of nitrogens with one attached hydrogen (secondary N) is 1. The highest BCUT2D eigenvalue weighted by Gasteiger charge is 2.29.